The molecule has 0 radical (unpaired) electrons. The highest BCUT2D eigenvalue weighted by molar-refractivity contribution is 7.47. The summed E-state index contributed by atoms with van der Waals surface area (Å²) in [7, 11) is -9.88. The van der Waals surface area contributed by atoms with Crippen molar-refractivity contribution in [3.8, 4) is 0 Å². The smallest absolute Gasteiger partial charge is 0.462 e. The maximum atomic E-state index is 13.0. The summed E-state index contributed by atoms with van der Waals surface area (Å²) in [6.45, 7) is 4.80. The van der Waals surface area contributed by atoms with Crippen molar-refractivity contribution in [2.75, 3.05) is 39.6 Å². The Morgan fingerprint density at radius 1 is 0.282 bits per heavy atom. The number of ether oxygens (including phenoxy) is 4. The Hall–Kier alpha value is -1.94. The zero-order valence-electron chi connectivity index (χ0n) is 54.6. The fourth-order valence-corrected chi connectivity index (χ4v) is 11.6. The van der Waals surface area contributed by atoms with Gasteiger partial charge in [0.1, 0.15) is 19.3 Å². The fourth-order valence-electron chi connectivity index (χ4n) is 9.99. The summed E-state index contributed by atoms with van der Waals surface area (Å²) in [6, 6.07) is 0. The van der Waals surface area contributed by atoms with Crippen molar-refractivity contribution in [3.63, 3.8) is 0 Å². The Bertz CT molecular complexity index is 1640. The highest BCUT2D eigenvalue weighted by Gasteiger charge is 2.30. The normalized spacial score (nSPS) is 14.1. The van der Waals surface area contributed by atoms with Crippen LogP contribution in [-0.2, 0) is 65.4 Å². The van der Waals surface area contributed by atoms with Crippen molar-refractivity contribution >= 4 is 39.5 Å². The van der Waals surface area contributed by atoms with E-state index in [0.717, 1.165) is 103 Å². The van der Waals surface area contributed by atoms with Gasteiger partial charge in [0, 0.05) is 25.7 Å². The minimum atomic E-state index is -4.94. The Balaban J connectivity index is 5.13. The van der Waals surface area contributed by atoms with Gasteiger partial charge in [0.25, 0.3) is 0 Å². The molecule has 17 nitrogen and oxygen atoms in total. The summed E-state index contributed by atoms with van der Waals surface area (Å²) in [5.74, 6) is -2.14. The predicted octanol–water partition coefficient (Wildman–Crippen LogP) is 18.7. The molecule has 19 heteroatoms. The average Bonchev–Trinajstić information content (AvgIpc) is 3.49. The molecule has 0 rings (SSSR count). The largest absolute Gasteiger partial charge is 0.472 e. The SMILES string of the molecule is CCCCCCCCCCCCCCCCCCCC(=O)O[C@H](COC(=O)CCCCCCCCCCCCCCCCC)COP(=O)(O)OC[C@@H](O)COP(=O)(O)OC[C@@H](COC(=O)CCCCCCC)OC(=O)CCCCCCCCCC. The third-order valence-electron chi connectivity index (χ3n) is 15.4. The molecule has 504 valence electrons. The average molecular weight is 1260 g/mol. The van der Waals surface area contributed by atoms with Crippen molar-refractivity contribution in [3.05, 3.63) is 0 Å². The van der Waals surface area contributed by atoms with Crippen LogP contribution in [0, 0.1) is 0 Å². The third kappa shape index (κ3) is 60.7. The van der Waals surface area contributed by atoms with E-state index < -0.39 is 97.5 Å². The summed E-state index contributed by atoms with van der Waals surface area (Å²) in [5, 5.41) is 10.5. The van der Waals surface area contributed by atoms with Gasteiger partial charge in [0.2, 0.25) is 0 Å². The number of carbonyl (C=O) groups is 4. The number of phosphoric ester groups is 2. The zero-order valence-corrected chi connectivity index (χ0v) is 56.4. The lowest BCUT2D eigenvalue weighted by Crippen LogP contribution is -2.30. The van der Waals surface area contributed by atoms with E-state index in [1.165, 1.54) is 161 Å². The minimum Gasteiger partial charge on any atom is -0.462 e. The van der Waals surface area contributed by atoms with Gasteiger partial charge in [0.05, 0.1) is 26.4 Å². The molecule has 0 aromatic rings. The van der Waals surface area contributed by atoms with Crippen LogP contribution in [0.4, 0.5) is 0 Å². The quantitative estimate of drug-likeness (QED) is 0.0222. The second-order valence-corrected chi connectivity index (χ2v) is 26.8. The molecule has 0 heterocycles. The van der Waals surface area contributed by atoms with E-state index in [4.69, 9.17) is 37.0 Å². The number of aliphatic hydroxyl groups is 1. The topological polar surface area (TPSA) is 237 Å². The van der Waals surface area contributed by atoms with Crippen LogP contribution in [0.1, 0.15) is 342 Å². The van der Waals surface area contributed by atoms with E-state index >= 15 is 0 Å². The van der Waals surface area contributed by atoms with Gasteiger partial charge in [-0.3, -0.25) is 37.3 Å². The summed E-state index contributed by atoms with van der Waals surface area (Å²) >= 11 is 0. The van der Waals surface area contributed by atoms with E-state index in [0.29, 0.717) is 25.7 Å². The first-order chi connectivity index (χ1) is 41.2. The molecule has 0 saturated carbocycles. The fraction of sp³-hybridized carbons (Fsp3) is 0.939. The molecule has 0 aliphatic heterocycles. The second kappa shape index (κ2) is 60.9. The van der Waals surface area contributed by atoms with Gasteiger partial charge < -0.3 is 33.8 Å². The molecular formula is C66H128O17P2. The number of hydrogen-bond donors (Lipinski definition) is 3. The minimum absolute atomic E-state index is 0.104. The molecule has 0 aliphatic rings. The Morgan fingerprint density at radius 3 is 0.694 bits per heavy atom. The number of phosphoric acid groups is 2. The first-order valence-electron chi connectivity index (χ1n) is 34.8. The van der Waals surface area contributed by atoms with Gasteiger partial charge in [-0.1, -0.05) is 291 Å². The van der Waals surface area contributed by atoms with Gasteiger partial charge in [-0.2, -0.15) is 0 Å². The first-order valence-corrected chi connectivity index (χ1v) is 37.8. The number of hydrogen-bond acceptors (Lipinski definition) is 15. The molecule has 5 atom stereocenters. The van der Waals surface area contributed by atoms with Crippen molar-refractivity contribution in [1.82, 2.24) is 0 Å². The Labute approximate surface area is 517 Å². The van der Waals surface area contributed by atoms with Crippen LogP contribution in [0.5, 0.6) is 0 Å². The van der Waals surface area contributed by atoms with Crippen molar-refractivity contribution < 1.29 is 80.2 Å². The highest BCUT2D eigenvalue weighted by Crippen LogP contribution is 2.45. The van der Waals surface area contributed by atoms with E-state index in [2.05, 4.69) is 27.7 Å². The van der Waals surface area contributed by atoms with Gasteiger partial charge in [-0.05, 0) is 25.7 Å². The van der Waals surface area contributed by atoms with E-state index in [1.54, 1.807) is 0 Å². The molecule has 0 fully saturated rings. The van der Waals surface area contributed by atoms with Crippen LogP contribution in [-0.4, -0.2) is 96.7 Å². The lowest BCUT2D eigenvalue weighted by atomic mass is 10.0. The number of unbranched alkanes of at least 4 members (excludes halogenated alkanes) is 41. The van der Waals surface area contributed by atoms with Crippen molar-refractivity contribution in [2.45, 2.75) is 361 Å². The Morgan fingerprint density at radius 2 is 0.471 bits per heavy atom. The van der Waals surface area contributed by atoms with Gasteiger partial charge >= 0.3 is 39.5 Å². The van der Waals surface area contributed by atoms with Crippen LogP contribution in [0.2, 0.25) is 0 Å². The summed E-state index contributed by atoms with van der Waals surface area (Å²) in [5.41, 5.74) is 0. The number of carbonyl (C=O) groups excluding carboxylic acids is 4. The molecule has 85 heavy (non-hydrogen) atoms. The Kier molecular flexibility index (Phi) is 59.6. The van der Waals surface area contributed by atoms with Gasteiger partial charge in [-0.25, -0.2) is 9.13 Å². The van der Waals surface area contributed by atoms with Crippen molar-refractivity contribution in [2.24, 2.45) is 0 Å². The van der Waals surface area contributed by atoms with Crippen LogP contribution < -0.4 is 0 Å². The van der Waals surface area contributed by atoms with Crippen LogP contribution in [0.3, 0.4) is 0 Å². The zero-order chi connectivity index (χ0) is 62.6. The van der Waals surface area contributed by atoms with Gasteiger partial charge in [-0.15, -0.1) is 0 Å². The summed E-state index contributed by atoms with van der Waals surface area (Å²) < 4.78 is 67.8. The molecule has 0 aromatic carbocycles. The van der Waals surface area contributed by atoms with E-state index in [9.17, 15) is 43.2 Å². The second-order valence-electron chi connectivity index (χ2n) is 23.9. The van der Waals surface area contributed by atoms with Crippen LogP contribution in [0.25, 0.3) is 0 Å². The number of aliphatic hydroxyl groups excluding tert-OH is 1. The summed E-state index contributed by atoms with van der Waals surface area (Å²) in [4.78, 5) is 72.0. The number of rotatable bonds is 67. The van der Waals surface area contributed by atoms with Gasteiger partial charge in [0.15, 0.2) is 12.2 Å². The molecule has 0 amide bonds. The maximum Gasteiger partial charge on any atom is 0.472 e. The molecular weight excluding hydrogens is 1130 g/mol. The predicted molar refractivity (Wildman–Crippen MR) is 340 cm³/mol. The molecule has 2 unspecified atom stereocenters. The highest BCUT2D eigenvalue weighted by atomic mass is 31.2. The lowest BCUT2D eigenvalue weighted by molar-refractivity contribution is -0.161. The molecule has 0 spiro atoms. The van der Waals surface area contributed by atoms with E-state index in [-0.39, 0.29) is 25.7 Å². The molecule has 0 aromatic heterocycles. The molecule has 3 N–H and O–H groups in total. The molecule has 0 bridgehead atoms. The first kappa shape index (κ1) is 83.1. The lowest BCUT2D eigenvalue weighted by Gasteiger charge is -2.21. The van der Waals surface area contributed by atoms with Crippen LogP contribution >= 0.6 is 15.6 Å². The summed E-state index contributed by atoms with van der Waals surface area (Å²) in [6.07, 6.45) is 47.7. The maximum absolute atomic E-state index is 13.0. The van der Waals surface area contributed by atoms with Crippen LogP contribution in [0.15, 0.2) is 0 Å². The third-order valence-corrected chi connectivity index (χ3v) is 17.3. The van der Waals surface area contributed by atoms with Crippen molar-refractivity contribution in [1.29, 1.82) is 0 Å². The monoisotopic (exact) mass is 1250 g/mol. The standard InChI is InChI=1S/C66H128O17P2/c1-5-9-13-17-20-23-25-27-29-30-32-34-36-38-41-45-49-53-66(71)83-62(57-77-64(69)51-47-43-40-37-35-33-31-28-26-24-21-18-14-10-6-2)59-81-85(74,75)79-55-60(67)54-78-84(72,73)80-58-61(56-76-63(68)50-46-42-16-12-8-4)82-65(70)52-48-44-39-22-19-15-11-7-3/h60-62,67H,5-59H2,1-4H3,(H,72,73)(H,74,75)/t60-,61+,62+/m0/s1. The molecule has 0 aliphatic carbocycles. The number of esters is 4. The molecule has 0 saturated heterocycles. The van der Waals surface area contributed by atoms with E-state index in [1.807, 2.05) is 0 Å².